The van der Waals surface area contributed by atoms with Crippen LogP contribution in [0.1, 0.15) is 5.56 Å². The number of phenols is 1. The van der Waals surface area contributed by atoms with Gasteiger partial charge in [0.1, 0.15) is 16.9 Å². The maximum atomic E-state index is 12.3. The molecule has 106 valence electrons. The smallest absolute Gasteiger partial charge is 0.197 e. The molecule has 1 N–H and O–H groups in total. The van der Waals surface area contributed by atoms with Gasteiger partial charge in [-0.05, 0) is 18.6 Å². The van der Waals surface area contributed by atoms with Crippen molar-refractivity contribution in [3.8, 4) is 22.8 Å². The van der Waals surface area contributed by atoms with Crippen LogP contribution in [0.25, 0.3) is 22.3 Å². The lowest BCUT2D eigenvalue weighted by Crippen LogP contribution is -2.03. The summed E-state index contributed by atoms with van der Waals surface area (Å²) in [5.74, 6) is 0.797. The summed E-state index contributed by atoms with van der Waals surface area (Å²) in [4.78, 5) is 12.3. The van der Waals surface area contributed by atoms with E-state index in [-0.39, 0.29) is 22.1 Å². The number of aryl methyl sites for hydroxylation is 1. The topological polar surface area (TPSA) is 59.7 Å². The van der Waals surface area contributed by atoms with Gasteiger partial charge in [-0.1, -0.05) is 30.3 Å². The first kappa shape index (κ1) is 13.2. The second-order valence-corrected chi connectivity index (χ2v) is 4.79. The van der Waals surface area contributed by atoms with Crippen molar-refractivity contribution in [1.29, 1.82) is 0 Å². The van der Waals surface area contributed by atoms with E-state index in [9.17, 15) is 9.90 Å². The van der Waals surface area contributed by atoms with Crippen molar-refractivity contribution < 1.29 is 14.3 Å². The minimum absolute atomic E-state index is 0.100. The molecule has 21 heavy (non-hydrogen) atoms. The van der Waals surface area contributed by atoms with Crippen molar-refractivity contribution in [3.05, 3.63) is 58.3 Å². The summed E-state index contributed by atoms with van der Waals surface area (Å²) in [7, 11) is 1.51. The van der Waals surface area contributed by atoms with E-state index >= 15 is 0 Å². The lowest BCUT2D eigenvalue weighted by atomic mass is 10.1. The van der Waals surface area contributed by atoms with Gasteiger partial charge in [0.25, 0.3) is 0 Å². The van der Waals surface area contributed by atoms with Crippen molar-refractivity contribution in [2.75, 3.05) is 7.11 Å². The van der Waals surface area contributed by atoms with Crippen LogP contribution in [0, 0.1) is 6.92 Å². The van der Waals surface area contributed by atoms with E-state index in [1.54, 1.807) is 6.92 Å². The zero-order valence-corrected chi connectivity index (χ0v) is 11.7. The number of rotatable bonds is 2. The minimum Gasteiger partial charge on any atom is -0.507 e. The Morgan fingerprint density at radius 3 is 2.52 bits per heavy atom. The molecule has 0 atom stereocenters. The SMILES string of the molecule is COc1c(C)cc(O)c2c(=O)cc(-c3ccccc3)oc12. The van der Waals surface area contributed by atoms with Gasteiger partial charge in [-0.25, -0.2) is 0 Å². The summed E-state index contributed by atoms with van der Waals surface area (Å²) >= 11 is 0. The fourth-order valence-corrected chi connectivity index (χ4v) is 2.42. The summed E-state index contributed by atoms with van der Waals surface area (Å²) in [6.45, 7) is 1.78. The van der Waals surface area contributed by atoms with E-state index in [4.69, 9.17) is 9.15 Å². The molecule has 2 aromatic carbocycles. The molecule has 0 fully saturated rings. The van der Waals surface area contributed by atoms with Crippen LogP contribution in [-0.4, -0.2) is 12.2 Å². The number of hydrogen-bond donors (Lipinski definition) is 1. The van der Waals surface area contributed by atoms with E-state index in [0.29, 0.717) is 17.1 Å². The molecule has 3 aromatic rings. The molecule has 0 radical (unpaired) electrons. The van der Waals surface area contributed by atoms with Gasteiger partial charge < -0.3 is 14.3 Å². The van der Waals surface area contributed by atoms with E-state index in [1.807, 2.05) is 30.3 Å². The predicted molar refractivity (Wildman–Crippen MR) is 80.9 cm³/mol. The molecular formula is C17H14O4. The maximum absolute atomic E-state index is 12.3. The first-order valence-electron chi connectivity index (χ1n) is 6.51. The van der Waals surface area contributed by atoms with Crippen LogP contribution in [0.3, 0.4) is 0 Å². The molecule has 0 unspecified atom stereocenters. The second kappa shape index (κ2) is 4.98. The minimum atomic E-state index is -0.300. The number of methoxy groups -OCH3 is 1. The van der Waals surface area contributed by atoms with Gasteiger partial charge in [0, 0.05) is 11.6 Å². The lowest BCUT2D eigenvalue weighted by molar-refractivity contribution is 0.404. The average molecular weight is 282 g/mol. The summed E-state index contributed by atoms with van der Waals surface area (Å²) in [5.41, 5.74) is 1.46. The Morgan fingerprint density at radius 2 is 1.86 bits per heavy atom. The van der Waals surface area contributed by atoms with Crippen molar-refractivity contribution in [2.45, 2.75) is 6.92 Å². The Bertz CT molecular complexity index is 863. The van der Waals surface area contributed by atoms with Crippen LogP contribution in [0.5, 0.6) is 11.5 Å². The van der Waals surface area contributed by atoms with E-state index < -0.39 is 0 Å². The van der Waals surface area contributed by atoms with Crippen LogP contribution in [-0.2, 0) is 0 Å². The molecule has 4 heteroatoms. The molecule has 1 heterocycles. The molecule has 0 bridgehead atoms. The number of hydrogen-bond acceptors (Lipinski definition) is 4. The monoisotopic (exact) mass is 282 g/mol. The summed E-state index contributed by atoms with van der Waals surface area (Å²) in [5, 5.41) is 10.1. The molecule has 4 nitrogen and oxygen atoms in total. The summed E-state index contributed by atoms with van der Waals surface area (Å²) in [6.07, 6.45) is 0. The second-order valence-electron chi connectivity index (χ2n) is 4.79. The third-order valence-corrected chi connectivity index (χ3v) is 3.38. The number of fused-ring (bicyclic) bond motifs is 1. The van der Waals surface area contributed by atoms with Crippen molar-refractivity contribution in [2.24, 2.45) is 0 Å². The predicted octanol–water partition coefficient (Wildman–Crippen LogP) is 3.48. The number of benzene rings is 2. The fourth-order valence-electron chi connectivity index (χ4n) is 2.42. The van der Waals surface area contributed by atoms with Gasteiger partial charge in [-0.3, -0.25) is 4.79 Å². The van der Waals surface area contributed by atoms with E-state index in [2.05, 4.69) is 0 Å². The van der Waals surface area contributed by atoms with Crippen LogP contribution in [0.2, 0.25) is 0 Å². The molecule has 0 saturated carbocycles. The first-order valence-corrected chi connectivity index (χ1v) is 6.51. The number of aromatic hydroxyl groups is 1. The molecule has 0 aliphatic carbocycles. The Labute approximate surface area is 121 Å². The third kappa shape index (κ3) is 2.14. The zero-order valence-electron chi connectivity index (χ0n) is 11.7. The van der Waals surface area contributed by atoms with Crippen molar-refractivity contribution in [1.82, 2.24) is 0 Å². The normalized spacial score (nSPS) is 10.8. The standard InChI is InChI=1S/C17H14O4/c1-10-8-12(18)15-13(19)9-14(11-6-4-3-5-7-11)21-17(15)16(10)20-2/h3-9,18H,1-2H3. The summed E-state index contributed by atoms with van der Waals surface area (Å²) in [6, 6.07) is 12.2. The van der Waals surface area contributed by atoms with Crippen LogP contribution < -0.4 is 10.2 Å². The van der Waals surface area contributed by atoms with Gasteiger partial charge in [-0.15, -0.1) is 0 Å². The largest absolute Gasteiger partial charge is 0.507 e. The van der Waals surface area contributed by atoms with E-state index in [0.717, 1.165) is 5.56 Å². The first-order chi connectivity index (χ1) is 10.1. The fraction of sp³-hybridized carbons (Fsp3) is 0.118. The van der Waals surface area contributed by atoms with Crippen LogP contribution >= 0.6 is 0 Å². The zero-order chi connectivity index (χ0) is 15.0. The van der Waals surface area contributed by atoms with E-state index in [1.165, 1.54) is 19.2 Å². The lowest BCUT2D eigenvalue weighted by Gasteiger charge is -2.10. The Morgan fingerprint density at radius 1 is 1.14 bits per heavy atom. The molecule has 3 rings (SSSR count). The number of ether oxygens (including phenoxy) is 1. The number of phenolic OH excluding ortho intramolecular Hbond substituents is 1. The van der Waals surface area contributed by atoms with Crippen molar-refractivity contribution >= 4 is 11.0 Å². The molecule has 0 aliphatic rings. The van der Waals surface area contributed by atoms with Gasteiger partial charge in [0.15, 0.2) is 16.8 Å². The Kier molecular flexibility index (Phi) is 3.14. The van der Waals surface area contributed by atoms with Crippen LogP contribution in [0.4, 0.5) is 0 Å². The van der Waals surface area contributed by atoms with Gasteiger partial charge in [0.05, 0.1) is 7.11 Å². The highest BCUT2D eigenvalue weighted by atomic mass is 16.5. The average Bonchev–Trinajstić information content (AvgIpc) is 2.47. The molecule has 0 saturated heterocycles. The molecule has 0 aliphatic heterocycles. The van der Waals surface area contributed by atoms with Gasteiger partial charge >= 0.3 is 0 Å². The maximum Gasteiger partial charge on any atom is 0.197 e. The third-order valence-electron chi connectivity index (χ3n) is 3.38. The Balaban J connectivity index is 2.41. The molecular weight excluding hydrogens is 268 g/mol. The highest BCUT2D eigenvalue weighted by Gasteiger charge is 2.17. The molecule has 0 amide bonds. The molecule has 1 aromatic heterocycles. The van der Waals surface area contributed by atoms with Crippen LogP contribution in [0.15, 0.2) is 51.7 Å². The van der Waals surface area contributed by atoms with Crippen molar-refractivity contribution in [3.63, 3.8) is 0 Å². The Hall–Kier alpha value is -2.75. The van der Waals surface area contributed by atoms with Gasteiger partial charge in [-0.2, -0.15) is 0 Å². The highest BCUT2D eigenvalue weighted by Crippen LogP contribution is 2.35. The highest BCUT2D eigenvalue weighted by molar-refractivity contribution is 5.90. The molecule has 0 spiro atoms. The van der Waals surface area contributed by atoms with Gasteiger partial charge in [0.2, 0.25) is 0 Å². The summed E-state index contributed by atoms with van der Waals surface area (Å²) < 4.78 is 11.1. The quantitative estimate of drug-likeness (QED) is 0.781.